The number of anilines is 1. The van der Waals surface area contributed by atoms with E-state index in [0.29, 0.717) is 19.4 Å². The second-order valence-electron chi connectivity index (χ2n) is 5.15. The molecule has 1 atom stereocenters. The third kappa shape index (κ3) is 3.66. The van der Waals surface area contributed by atoms with Crippen LogP contribution in [0.25, 0.3) is 0 Å². The Hall–Kier alpha value is -1.76. The van der Waals surface area contributed by atoms with Gasteiger partial charge in [-0.2, -0.15) is 13.2 Å². The molecule has 0 aromatic heterocycles. The van der Waals surface area contributed by atoms with Gasteiger partial charge in [0.2, 0.25) is 0 Å². The predicted molar refractivity (Wildman–Crippen MR) is 72.0 cm³/mol. The van der Waals surface area contributed by atoms with Crippen LogP contribution in [0.1, 0.15) is 24.0 Å². The number of benzene rings is 1. The Labute approximate surface area is 120 Å². The Kier molecular flexibility index (Phi) is 4.41. The van der Waals surface area contributed by atoms with Crippen molar-refractivity contribution in [2.45, 2.75) is 32.0 Å². The van der Waals surface area contributed by atoms with Gasteiger partial charge in [0.05, 0.1) is 11.7 Å². The minimum absolute atomic E-state index is 0.0177. The number of aliphatic hydroxyl groups is 1. The molecule has 21 heavy (non-hydrogen) atoms. The number of halogens is 3. The summed E-state index contributed by atoms with van der Waals surface area (Å²) in [4.78, 5) is 13.5. The van der Waals surface area contributed by atoms with E-state index in [9.17, 15) is 23.1 Å². The second kappa shape index (κ2) is 5.93. The molecule has 1 unspecified atom stereocenters. The smallest absolute Gasteiger partial charge is 0.391 e. The first-order chi connectivity index (χ1) is 9.79. The van der Waals surface area contributed by atoms with Crippen LogP contribution < -0.4 is 5.32 Å². The molecule has 1 fully saturated rings. The van der Waals surface area contributed by atoms with Gasteiger partial charge in [0, 0.05) is 18.8 Å². The predicted octanol–water partition coefficient (Wildman–Crippen LogP) is 3.00. The molecular weight excluding hydrogens is 285 g/mol. The molecule has 1 aromatic carbocycles. The van der Waals surface area contributed by atoms with Gasteiger partial charge in [0.15, 0.2) is 0 Å². The van der Waals surface area contributed by atoms with Crippen LogP contribution in [0.2, 0.25) is 0 Å². The highest BCUT2D eigenvalue weighted by atomic mass is 19.4. The number of amides is 2. The van der Waals surface area contributed by atoms with Crippen molar-refractivity contribution in [3.63, 3.8) is 0 Å². The van der Waals surface area contributed by atoms with Crippen molar-refractivity contribution in [3.05, 3.63) is 29.3 Å². The van der Waals surface area contributed by atoms with Gasteiger partial charge in [-0.3, -0.25) is 0 Å². The van der Waals surface area contributed by atoms with Crippen molar-refractivity contribution in [3.8, 4) is 0 Å². The molecule has 2 N–H and O–H groups in total. The zero-order valence-corrected chi connectivity index (χ0v) is 11.6. The monoisotopic (exact) mass is 302 g/mol. The number of aliphatic hydroxyl groups excluding tert-OH is 1. The van der Waals surface area contributed by atoms with E-state index < -0.39 is 23.9 Å². The molecule has 4 nitrogen and oxygen atoms in total. The van der Waals surface area contributed by atoms with E-state index in [4.69, 9.17) is 0 Å². The second-order valence-corrected chi connectivity index (χ2v) is 5.15. The number of β-amino-alcohol motifs (C(OH)–C–C–N with tert-alkyl or cyclic N) is 1. The van der Waals surface area contributed by atoms with Gasteiger partial charge in [-0.15, -0.1) is 0 Å². The number of hydrogen-bond donors (Lipinski definition) is 2. The normalized spacial score (nSPS) is 19.5. The number of nitrogens with zero attached hydrogens (tertiary/aromatic N) is 1. The van der Waals surface area contributed by atoms with Gasteiger partial charge >= 0.3 is 12.2 Å². The Morgan fingerprint density at radius 2 is 2.14 bits per heavy atom. The molecule has 0 radical (unpaired) electrons. The average Bonchev–Trinajstić information content (AvgIpc) is 2.39. The molecule has 1 aliphatic heterocycles. The number of carbonyl (C=O) groups excluding carboxylic acids is 1. The van der Waals surface area contributed by atoms with Crippen molar-refractivity contribution in [2.75, 3.05) is 18.4 Å². The highest BCUT2D eigenvalue weighted by Gasteiger charge is 2.33. The number of urea groups is 1. The van der Waals surface area contributed by atoms with Crippen LogP contribution in [0.15, 0.2) is 18.2 Å². The highest BCUT2D eigenvalue weighted by Crippen LogP contribution is 2.34. The summed E-state index contributed by atoms with van der Waals surface area (Å²) < 4.78 is 38.4. The van der Waals surface area contributed by atoms with Crippen LogP contribution in [-0.4, -0.2) is 35.2 Å². The average molecular weight is 302 g/mol. The Morgan fingerprint density at radius 1 is 1.43 bits per heavy atom. The Bertz CT molecular complexity index is 531. The topological polar surface area (TPSA) is 52.6 Å². The molecule has 0 aliphatic carbocycles. The van der Waals surface area contributed by atoms with E-state index in [1.54, 1.807) is 0 Å². The molecule has 116 valence electrons. The van der Waals surface area contributed by atoms with Crippen molar-refractivity contribution < 1.29 is 23.1 Å². The first kappa shape index (κ1) is 15.6. The Morgan fingerprint density at radius 3 is 2.76 bits per heavy atom. The minimum atomic E-state index is -4.45. The number of nitrogens with one attached hydrogen (secondary N) is 1. The molecule has 1 heterocycles. The van der Waals surface area contributed by atoms with E-state index in [2.05, 4.69) is 5.32 Å². The van der Waals surface area contributed by atoms with Gasteiger partial charge in [-0.1, -0.05) is 6.07 Å². The molecule has 0 saturated carbocycles. The minimum Gasteiger partial charge on any atom is -0.391 e. The molecule has 2 rings (SSSR count). The van der Waals surface area contributed by atoms with Gasteiger partial charge < -0.3 is 15.3 Å². The van der Waals surface area contributed by atoms with E-state index in [-0.39, 0.29) is 17.8 Å². The number of carbonyl (C=O) groups is 1. The first-order valence-corrected chi connectivity index (χ1v) is 6.70. The van der Waals surface area contributed by atoms with Gasteiger partial charge in [0.25, 0.3) is 0 Å². The summed E-state index contributed by atoms with van der Waals surface area (Å²) >= 11 is 0. The summed E-state index contributed by atoms with van der Waals surface area (Å²) in [6.45, 7) is 2.01. The summed E-state index contributed by atoms with van der Waals surface area (Å²) in [5, 5.41) is 12.0. The van der Waals surface area contributed by atoms with Crippen molar-refractivity contribution in [1.29, 1.82) is 0 Å². The maximum absolute atomic E-state index is 12.8. The lowest BCUT2D eigenvalue weighted by molar-refractivity contribution is -0.138. The molecule has 0 spiro atoms. The number of piperidine rings is 1. The SMILES string of the molecule is Cc1c(NC(=O)N2CCCC(O)C2)cccc1C(F)(F)F. The van der Waals surface area contributed by atoms with Crippen LogP contribution in [-0.2, 0) is 6.18 Å². The maximum Gasteiger partial charge on any atom is 0.416 e. The van der Waals surface area contributed by atoms with Gasteiger partial charge in [-0.05, 0) is 37.5 Å². The van der Waals surface area contributed by atoms with Crippen molar-refractivity contribution in [2.24, 2.45) is 0 Å². The zero-order chi connectivity index (χ0) is 15.6. The quantitative estimate of drug-likeness (QED) is 0.838. The molecule has 0 bridgehead atoms. The fraction of sp³-hybridized carbons (Fsp3) is 0.500. The van der Waals surface area contributed by atoms with E-state index >= 15 is 0 Å². The molecular formula is C14H17F3N2O2. The standard InChI is InChI=1S/C14H17F3N2O2/c1-9-11(14(15,16)17)5-2-6-12(9)18-13(21)19-7-3-4-10(20)8-19/h2,5-6,10,20H,3-4,7-8H2,1H3,(H,18,21). The number of alkyl halides is 3. The number of likely N-dealkylation sites (tertiary alicyclic amines) is 1. The fourth-order valence-electron chi connectivity index (χ4n) is 2.41. The van der Waals surface area contributed by atoms with Crippen LogP contribution in [0.4, 0.5) is 23.7 Å². The van der Waals surface area contributed by atoms with E-state index in [1.165, 1.54) is 24.0 Å². The summed E-state index contributed by atoms with van der Waals surface area (Å²) in [6.07, 6.45) is -3.72. The molecule has 7 heteroatoms. The lowest BCUT2D eigenvalue weighted by atomic mass is 10.1. The van der Waals surface area contributed by atoms with Crippen LogP contribution in [0.5, 0.6) is 0 Å². The fourth-order valence-corrected chi connectivity index (χ4v) is 2.41. The lowest BCUT2D eigenvalue weighted by Crippen LogP contribution is -2.44. The van der Waals surface area contributed by atoms with Crippen molar-refractivity contribution >= 4 is 11.7 Å². The molecule has 1 aromatic rings. The largest absolute Gasteiger partial charge is 0.416 e. The summed E-state index contributed by atoms with van der Waals surface area (Å²) in [5.41, 5.74) is -0.648. The van der Waals surface area contributed by atoms with Crippen molar-refractivity contribution in [1.82, 2.24) is 4.90 Å². The zero-order valence-electron chi connectivity index (χ0n) is 11.6. The van der Waals surface area contributed by atoms with E-state index in [0.717, 1.165) is 6.07 Å². The van der Waals surface area contributed by atoms with Gasteiger partial charge in [-0.25, -0.2) is 4.79 Å². The van der Waals surface area contributed by atoms with Crippen LogP contribution in [0.3, 0.4) is 0 Å². The Balaban J connectivity index is 2.14. The molecule has 1 saturated heterocycles. The summed E-state index contributed by atoms with van der Waals surface area (Å²) in [6, 6.07) is 3.19. The first-order valence-electron chi connectivity index (χ1n) is 6.70. The third-order valence-corrected chi connectivity index (χ3v) is 3.56. The lowest BCUT2D eigenvalue weighted by Gasteiger charge is -2.30. The summed E-state index contributed by atoms with van der Waals surface area (Å²) in [7, 11) is 0. The highest BCUT2D eigenvalue weighted by molar-refractivity contribution is 5.90. The molecule has 1 aliphatic rings. The van der Waals surface area contributed by atoms with Gasteiger partial charge in [0.1, 0.15) is 0 Å². The van der Waals surface area contributed by atoms with Crippen LogP contribution in [0, 0.1) is 6.92 Å². The number of hydrogen-bond acceptors (Lipinski definition) is 2. The van der Waals surface area contributed by atoms with E-state index in [1.807, 2.05) is 0 Å². The maximum atomic E-state index is 12.8. The van der Waals surface area contributed by atoms with Crippen LogP contribution >= 0.6 is 0 Å². The summed E-state index contributed by atoms with van der Waals surface area (Å²) in [5.74, 6) is 0. The molecule has 2 amide bonds. The third-order valence-electron chi connectivity index (χ3n) is 3.56. The number of rotatable bonds is 1.